The van der Waals surface area contributed by atoms with Gasteiger partial charge in [-0.1, -0.05) is 0 Å². The monoisotopic (exact) mass is 151 g/mol. The summed E-state index contributed by atoms with van der Waals surface area (Å²) in [5.41, 5.74) is 0. The Balaban J connectivity index is 3.05. The Bertz CT molecular complexity index is 69.2. The van der Waals surface area contributed by atoms with E-state index in [9.17, 15) is 4.79 Å². The molecular weight excluding hydrogens is 147 g/mol. The minimum atomic E-state index is -0.454. The third-order valence-corrected chi connectivity index (χ3v) is 0.381. The standard InChI is InChI=1S/C3H4O2Se/c1-2-5-3(4)6/h2H,1H2,(H,4,6)/p-1. The van der Waals surface area contributed by atoms with Crippen molar-refractivity contribution in [2.24, 2.45) is 0 Å². The van der Waals surface area contributed by atoms with E-state index in [0.717, 1.165) is 6.26 Å². The van der Waals surface area contributed by atoms with Crippen molar-refractivity contribution in [1.29, 1.82) is 0 Å². The van der Waals surface area contributed by atoms with Crippen molar-refractivity contribution in [3.8, 4) is 0 Å². The van der Waals surface area contributed by atoms with Crippen LogP contribution in [0.3, 0.4) is 0 Å². The van der Waals surface area contributed by atoms with Crippen molar-refractivity contribution in [3.63, 3.8) is 0 Å². The predicted molar refractivity (Wildman–Crippen MR) is 22.4 cm³/mol. The molecule has 0 saturated heterocycles. The Kier molecular flexibility index (Phi) is 2.81. The molecule has 0 fully saturated rings. The van der Waals surface area contributed by atoms with Crippen molar-refractivity contribution in [2.75, 3.05) is 0 Å². The van der Waals surface area contributed by atoms with Crippen LogP contribution in [0.4, 0.5) is 4.79 Å². The summed E-state index contributed by atoms with van der Waals surface area (Å²) in [5.74, 6) is 0. The van der Waals surface area contributed by atoms with E-state index in [0.29, 0.717) is 0 Å². The molecule has 0 rings (SSSR count). The van der Waals surface area contributed by atoms with Gasteiger partial charge in [0.25, 0.3) is 0 Å². The number of carbonyl (C=O) groups is 1. The van der Waals surface area contributed by atoms with Crippen LogP contribution in [0.1, 0.15) is 0 Å². The summed E-state index contributed by atoms with van der Waals surface area (Å²) in [4.78, 5) is 9.24. The summed E-state index contributed by atoms with van der Waals surface area (Å²) < 4.78 is 4.11. The van der Waals surface area contributed by atoms with Crippen LogP contribution in [0.2, 0.25) is 0 Å². The Morgan fingerprint density at radius 3 is 2.50 bits per heavy atom. The zero-order valence-corrected chi connectivity index (χ0v) is 4.72. The number of rotatable bonds is 1. The molecule has 0 aliphatic heterocycles. The number of hydrogen-bond donors (Lipinski definition) is 0. The van der Waals surface area contributed by atoms with Gasteiger partial charge in [-0.25, -0.2) is 0 Å². The van der Waals surface area contributed by atoms with Gasteiger partial charge in [-0.05, 0) is 0 Å². The van der Waals surface area contributed by atoms with Gasteiger partial charge in [0, 0.05) is 0 Å². The second kappa shape index (κ2) is 2.94. The molecule has 0 aromatic rings. The van der Waals surface area contributed by atoms with E-state index in [1.165, 1.54) is 0 Å². The Hall–Kier alpha value is -0.271. The maximum absolute atomic E-state index is 9.69. The van der Waals surface area contributed by atoms with E-state index in [1.54, 1.807) is 0 Å². The van der Waals surface area contributed by atoms with E-state index in [2.05, 4.69) is 27.3 Å². The summed E-state index contributed by atoms with van der Waals surface area (Å²) in [6.45, 7) is 3.14. The first-order chi connectivity index (χ1) is 2.77. The molecule has 0 amide bonds. The average Bonchev–Trinajstić information content (AvgIpc) is 1.35. The zero-order chi connectivity index (χ0) is 4.99. The Labute approximate surface area is 44.0 Å². The van der Waals surface area contributed by atoms with Crippen LogP contribution in [0.15, 0.2) is 12.8 Å². The van der Waals surface area contributed by atoms with Crippen molar-refractivity contribution >= 4 is 20.9 Å². The quantitative estimate of drug-likeness (QED) is 0.400. The van der Waals surface area contributed by atoms with Crippen LogP contribution in [0.25, 0.3) is 0 Å². The average molecular weight is 150 g/mol. The van der Waals surface area contributed by atoms with E-state index < -0.39 is 4.87 Å². The molecule has 0 spiro atoms. The summed E-state index contributed by atoms with van der Waals surface area (Å²) in [5, 5.41) is 0. The molecular formula is C3H3O2Se-. The van der Waals surface area contributed by atoms with E-state index in [1.807, 2.05) is 0 Å². The van der Waals surface area contributed by atoms with Crippen molar-refractivity contribution in [3.05, 3.63) is 12.8 Å². The number of ether oxygens (including phenoxy) is 1. The molecule has 0 aliphatic rings. The van der Waals surface area contributed by atoms with Gasteiger partial charge in [-0.15, -0.1) is 0 Å². The van der Waals surface area contributed by atoms with Crippen LogP contribution in [0.5, 0.6) is 0 Å². The fraction of sp³-hybridized carbons (Fsp3) is 0. The second-order valence-electron chi connectivity index (χ2n) is 0.535. The van der Waals surface area contributed by atoms with Crippen LogP contribution in [-0.4, -0.2) is 20.9 Å². The zero-order valence-electron chi connectivity index (χ0n) is 3.01. The predicted octanol–water partition coefficient (Wildman–Crippen LogP) is 0.435. The molecule has 0 aliphatic carbocycles. The maximum atomic E-state index is 9.69. The number of hydrogen-bond acceptors (Lipinski definition) is 2. The van der Waals surface area contributed by atoms with Gasteiger partial charge in [-0.3, -0.25) is 0 Å². The molecule has 6 heavy (non-hydrogen) atoms. The SMILES string of the molecule is C=COC(=O)[Se-]. The summed E-state index contributed by atoms with van der Waals surface area (Å²) in [6.07, 6.45) is 1.07. The van der Waals surface area contributed by atoms with Crippen molar-refractivity contribution in [1.82, 2.24) is 0 Å². The second-order valence-corrected chi connectivity index (χ2v) is 1.23. The molecule has 3 heteroatoms. The Morgan fingerprint density at radius 2 is 2.50 bits per heavy atom. The first-order valence-electron chi connectivity index (χ1n) is 1.26. The van der Waals surface area contributed by atoms with E-state index in [4.69, 9.17) is 0 Å². The molecule has 0 unspecified atom stereocenters. The van der Waals surface area contributed by atoms with E-state index in [-0.39, 0.29) is 0 Å². The molecule has 0 aromatic carbocycles. The Morgan fingerprint density at radius 1 is 2.00 bits per heavy atom. The molecule has 0 aromatic heterocycles. The van der Waals surface area contributed by atoms with Crippen molar-refractivity contribution < 1.29 is 9.53 Å². The van der Waals surface area contributed by atoms with Gasteiger partial charge in [0.05, 0.1) is 0 Å². The van der Waals surface area contributed by atoms with Gasteiger partial charge in [0.2, 0.25) is 0 Å². The molecule has 2 nitrogen and oxygen atoms in total. The van der Waals surface area contributed by atoms with Gasteiger partial charge >= 0.3 is 43.3 Å². The van der Waals surface area contributed by atoms with Gasteiger partial charge in [-0.2, -0.15) is 0 Å². The topological polar surface area (TPSA) is 26.3 Å². The normalized spacial score (nSPS) is 6.67. The van der Waals surface area contributed by atoms with Crippen LogP contribution in [0, 0.1) is 0 Å². The minimum absolute atomic E-state index is 0.454. The third kappa shape index (κ3) is 3.73. The van der Waals surface area contributed by atoms with Gasteiger partial charge in [0.1, 0.15) is 0 Å². The van der Waals surface area contributed by atoms with Gasteiger partial charge < -0.3 is 0 Å². The summed E-state index contributed by atoms with van der Waals surface area (Å²) in [6, 6.07) is 0. The molecule has 0 radical (unpaired) electrons. The first-order valence-corrected chi connectivity index (χ1v) is 2.11. The summed E-state index contributed by atoms with van der Waals surface area (Å²) >= 11 is 2.11. The molecule has 0 bridgehead atoms. The van der Waals surface area contributed by atoms with Crippen molar-refractivity contribution in [2.45, 2.75) is 0 Å². The molecule has 0 heterocycles. The molecule has 0 atom stereocenters. The van der Waals surface area contributed by atoms with Crippen LogP contribution >= 0.6 is 0 Å². The fourth-order valence-electron chi connectivity index (χ4n) is 0.0680. The van der Waals surface area contributed by atoms with Gasteiger partial charge in [0.15, 0.2) is 0 Å². The summed E-state index contributed by atoms with van der Waals surface area (Å²) in [7, 11) is 0. The molecule has 0 N–H and O–H groups in total. The van der Waals surface area contributed by atoms with Crippen LogP contribution in [-0.2, 0) is 4.74 Å². The third-order valence-electron chi connectivity index (χ3n) is 0.180. The first kappa shape index (κ1) is 5.73. The molecule has 34 valence electrons. The fourth-order valence-corrected chi connectivity index (χ4v) is 0.211. The van der Waals surface area contributed by atoms with E-state index >= 15 is 0 Å². The van der Waals surface area contributed by atoms with Crippen LogP contribution < -0.4 is 0 Å². The number of carbonyl (C=O) groups excluding carboxylic acids is 1. The molecule has 0 saturated carbocycles.